The van der Waals surface area contributed by atoms with E-state index in [4.69, 9.17) is 4.74 Å². The van der Waals surface area contributed by atoms with Crippen LogP contribution in [0.15, 0.2) is 53.3 Å². The van der Waals surface area contributed by atoms with Crippen molar-refractivity contribution in [3.8, 4) is 11.1 Å². The smallest absolute Gasteiger partial charge is 0.344 e. The highest BCUT2D eigenvalue weighted by atomic mass is 19.1. The average molecular weight is 311 g/mol. The Morgan fingerprint density at radius 2 is 1.83 bits per heavy atom. The van der Waals surface area contributed by atoms with Crippen LogP contribution in [0.4, 0.5) is 4.39 Å². The first-order valence-corrected chi connectivity index (χ1v) is 7.20. The monoisotopic (exact) mass is 311 g/mol. The first kappa shape index (κ1) is 15.0. The van der Waals surface area contributed by atoms with E-state index in [0.717, 1.165) is 0 Å². The van der Waals surface area contributed by atoms with Crippen LogP contribution in [0, 0.1) is 5.82 Å². The molecule has 2 aromatic carbocycles. The van der Waals surface area contributed by atoms with Crippen LogP contribution < -0.4 is 5.56 Å². The van der Waals surface area contributed by atoms with Crippen molar-refractivity contribution >= 4 is 16.9 Å². The lowest BCUT2D eigenvalue weighted by atomic mass is 9.96. The zero-order valence-electron chi connectivity index (χ0n) is 12.4. The molecule has 0 saturated heterocycles. The predicted octanol–water partition coefficient (Wildman–Crippen LogP) is 3.51. The van der Waals surface area contributed by atoms with E-state index in [9.17, 15) is 14.0 Å². The number of H-pyrrole nitrogens is 1. The third kappa shape index (κ3) is 2.73. The molecule has 0 saturated carbocycles. The summed E-state index contributed by atoms with van der Waals surface area (Å²) in [5.41, 5.74) is 1.03. The molecule has 0 fully saturated rings. The topological polar surface area (TPSA) is 59.2 Å². The van der Waals surface area contributed by atoms with Crippen LogP contribution in [-0.2, 0) is 4.74 Å². The lowest BCUT2D eigenvalue weighted by molar-refractivity contribution is 0.0525. The van der Waals surface area contributed by atoms with Gasteiger partial charge in [0.1, 0.15) is 11.4 Å². The molecule has 3 aromatic rings. The summed E-state index contributed by atoms with van der Waals surface area (Å²) in [7, 11) is 0. The number of esters is 1. The number of benzene rings is 2. The van der Waals surface area contributed by atoms with Crippen molar-refractivity contribution in [2.24, 2.45) is 0 Å². The van der Waals surface area contributed by atoms with Gasteiger partial charge in [0, 0.05) is 16.5 Å². The second-order valence-corrected chi connectivity index (χ2v) is 4.98. The molecule has 1 aromatic heterocycles. The summed E-state index contributed by atoms with van der Waals surface area (Å²) in [6, 6.07) is 12.8. The number of fused-ring (bicyclic) bond motifs is 1. The number of carbonyl (C=O) groups excluding carboxylic acids is 1. The van der Waals surface area contributed by atoms with Crippen molar-refractivity contribution in [3.05, 3.63) is 70.3 Å². The fraction of sp³-hybridized carbons (Fsp3) is 0.111. The van der Waals surface area contributed by atoms with Gasteiger partial charge in [-0.15, -0.1) is 0 Å². The van der Waals surface area contributed by atoms with E-state index in [1.54, 1.807) is 37.3 Å². The molecule has 0 amide bonds. The standard InChI is InChI=1S/C18H14FNO3/c1-2-23-18(22)16-15(11-7-9-12(19)10-8-11)13-5-3-4-6-14(13)20-17(16)21/h3-10H,2H2,1H3,(H,20,21). The summed E-state index contributed by atoms with van der Waals surface area (Å²) in [4.78, 5) is 27.3. The molecule has 0 spiro atoms. The van der Waals surface area contributed by atoms with Crippen molar-refractivity contribution < 1.29 is 13.9 Å². The van der Waals surface area contributed by atoms with Crippen LogP contribution in [0.5, 0.6) is 0 Å². The zero-order valence-corrected chi connectivity index (χ0v) is 12.4. The Bertz CT molecular complexity index is 929. The highest BCUT2D eigenvalue weighted by molar-refractivity contribution is 6.06. The normalized spacial score (nSPS) is 10.7. The number of hydrogen-bond donors (Lipinski definition) is 1. The highest BCUT2D eigenvalue weighted by Gasteiger charge is 2.21. The van der Waals surface area contributed by atoms with Crippen molar-refractivity contribution in [1.82, 2.24) is 4.98 Å². The number of pyridine rings is 1. The van der Waals surface area contributed by atoms with Gasteiger partial charge >= 0.3 is 5.97 Å². The van der Waals surface area contributed by atoms with E-state index in [1.165, 1.54) is 12.1 Å². The molecule has 0 bridgehead atoms. The van der Waals surface area contributed by atoms with Gasteiger partial charge in [-0.1, -0.05) is 30.3 Å². The number of aromatic nitrogens is 1. The molecule has 0 aliphatic rings. The molecule has 0 atom stereocenters. The van der Waals surface area contributed by atoms with E-state index in [-0.39, 0.29) is 18.0 Å². The fourth-order valence-corrected chi connectivity index (χ4v) is 2.56. The predicted molar refractivity (Wildman–Crippen MR) is 85.9 cm³/mol. The van der Waals surface area contributed by atoms with E-state index in [2.05, 4.69) is 4.98 Å². The molecule has 4 nitrogen and oxygen atoms in total. The molecule has 116 valence electrons. The van der Waals surface area contributed by atoms with Gasteiger partial charge < -0.3 is 9.72 Å². The van der Waals surface area contributed by atoms with Crippen LogP contribution in [0.1, 0.15) is 17.3 Å². The van der Waals surface area contributed by atoms with Crippen molar-refractivity contribution in [1.29, 1.82) is 0 Å². The van der Waals surface area contributed by atoms with Gasteiger partial charge in [-0.25, -0.2) is 9.18 Å². The number of hydrogen-bond acceptors (Lipinski definition) is 3. The summed E-state index contributed by atoms with van der Waals surface area (Å²) < 4.78 is 18.2. The lowest BCUT2D eigenvalue weighted by Crippen LogP contribution is -2.21. The van der Waals surface area contributed by atoms with Gasteiger partial charge in [-0.2, -0.15) is 0 Å². The van der Waals surface area contributed by atoms with Crippen molar-refractivity contribution in [2.45, 2.75) is 6.92 Å². The summed E-state index contributed by atoms with van der Waals surface area (Å²) in [5.74, 6) is -1.08. The summed E-state index contributed by atoms with van der Waals surface area (Å²) in [6.45, 7) is 1.83. The maximum atomic E-state index is 13.2. The minimum Gasteiger partial charge on any atom is -0.462 e. The number of aromatic amines is 1. The molecule has 1 N–H and O–H groups in total. The largest absolute Gasteiger partial charge is 0.462 e. The molecule has 0 radical (unpaired) electrons. The zero-order chi connectivity index (χ0) is 16.4. The number of para-hydroxylation sites is 1. The summed E-state index contributed by atoms with van der Waals surface area (Å²) in [5, 5.41) is 0.696. The second-order valence-electron chi connectivity index (χ2n) is 4.98. The molecule has 1 heterocycles. The molecule has 0 aliphatic carbocycles. The molecule has 5 heteroatoms. The SMILES string of the molecule is CCOC(=O)c1c(-c2ccc(F)cc2)c2ccccc2[nH]c1=O. The third-order valence-electron chi connectivity index (χ3n) is 3.53. The first-order valence-electron chi connectivity index (χ1n) is 7.20. The Hall–Kier alpha value is -2.95. The number of nitrogens with one attached hydrogen (secondary N) is 1. The highest BCUT2D eigenvalue weighted by Crippen LogP contribution is 2.30. The van der Waals surface area contributed by atoms with E-state index in [0.29, 0.717) is 22.0 Å². The number of halogens is 1. The molecular formula is C18H14FNO3. The number of rotatable bonds is 3. The molecule has 23 heavy (non-hydrogen) atoms. The van der Waals surface area contributed by atoms with Crippen molar-refractivity contribution in [2.75, 3.05) is 6.61 Å². The second kappa shape index (κ2) is 6.04. The molecule has 3 rings (SSSR count). The third-order valence-corrected chi connectivity index (χ3v) is 3.53. The maximum Gasteiger partial charge on any atom is 0.344 e. The minimum absolute atomic E-state index is 0.0721. The van der Waals surface area contributed by atoms with Crippen LogP contribution >= 0.6 is 0 Å². The van der Waals surface area contributed by atoms with Gasteiger partial charge in [0.05, 0.1) is 6.61 Å². The Kier molecular flexibility index (Phi) is 3.93. The summed E-state index contributed by atoms with van der Waals surface area (Å²) in [6.07, 6.45) is 0. The molecular weight excluding hydrogens is 297 g/mol. The van der Waals surface area contributed by atoms with E-state index >= 15 is 0 Å². The van der Waals surface area contributed by atoms with Crippen LogP contribution in [0.3, 0.4) is 0 Å². The minimum atomic E-state index is -0.696. The van der Waals surface area contributed by atoms with Crippen LogP contribution in [0.25, 0.3) is 22.0 Å². The van der Waals surface area contributed by atoms with Gasteiger partial charge in [0.25, 0.3) is 5.56 Å². The molecule has 0 unspecified atom stereocenters. The summed E-state index contributed by atoms with van der Waals surface area (Å²) >= 11 is 0. The van der Waals surface area contributed by atoms with Crippen LogP contribution in [0.2, 0.25) is 0 Å². The van der Waals surface area contributed by atoms with Gasteiger partial charge in [0.15, 0.2) is 0 Å². The Balaban J connectivity index is 2.39. The Labute approximate surface area is 131 Å². The molecule has 0 aliphatic heterocycles. The lowest BCUT2D eigenvalue weighted by Gasteiger charge is -2.12. The van der Waals surface area contributed by atoms with Crippen molar-refractivity contribution in [3.63, 3.8) is 0 Å². The average Bonchev–Trinajstić information content (AvgIpc) is 2.54. The number of carbonyl (C=O) groups is 1. The Morgan fingerprint density at radius 3 is 2.52 bits per heavy atom. The Morgan fingerprint density at radius 1 is 1.13 bits per heavy atom. The maximum absolute atomic E-state index is 13.2. The number of ether oxygens (including phenoxy) is 1. The van der Waals surface area contributed by atoms with Gasteiger partial charge in [-0.05, 0) is 30.7 Å². The van der Waals surface area contributed by atoms with Gasteiger partial charge in [-0.3, -0.25) is 4.79 Å². The van der Waals surface area contributed by atoms with Crippen LogP contribution in [-0.4, -0.2) is 17.6 Å². The fourth-order valence-electron chi connectivity index (χ4n) is 2.56. The van der Waals surface area contributed by atoms with E-state index < -0.39 is 11.5 Å². The van der Waals surface area contributed by atoms with Gasteiger partial charge in [0.2, 0.25) is 0 Å². The quantitative estimate of drug-likeness (QED) is 0.753. The first-order chi connectivity index (χ1) is 11.1. The van der Waals surface area contributed by atoms with E-state index in [1.807, 2.05) is 6.07 Å².